The molecule has 0 aromatic heterocycles. The Hall–Kier alpha value is -1.18. The summed E-state index contributed by atoms with van der Waals surface area (Å²) in [5, 5.41) is 4.72. The first kappa shape index (κ1) is 17.9. The average Bonchev–Trinajstić information content (AvgIpc) is 2.51. The van der Waals surface area contributed by atoms with Crippen molar-refractivity contribution in [2.75, 3.05) is 39.8 Å². The average molecular weight is 299 g/mol. The number of hydrogen-bond donors (Lipinski definition) is 3. The van der Waals surface area contributed by atoms with Gasteiger partial charge in [-0.05, 0) is 26.3 Å². The second-order valence-corrected chi connectivity index (χ2v) is 5.46. The van der Waals surface area contributed by atoms with Crippen molar-refractivity contribution in [3.63, 3.8) is 0 Å². The molecule has 1 saturated heterocycles. The molecule has 0 bridgehead atoms. The van der Waals surface area contributed by atoms with Gasteiger partial charge in [-0.3, -0.25) is 19.9 Å². The van der Waals surface area contributed by atoms with Crippen LogP contribution in [0.1, 0.15) is 26.7 Å². The lowest BCUT2D eigenvalue weighted by Gasteiger charge is -2.40. The van der Waals surface area contributed by atoms with Gasteiger partial charge in [-0.1, -0.05) is 6.92 Å². The highest BCUT2D eigenvalue weighted by atomic mass is 16.2. The van der Waals surface area contributed by atoms with Crippen molar-refractivity contribution < 1.29 is 9.59 Å². The van der Waals surface area contributed by atoms with Crippen LogP contribution >= 0.6 is 0 Å². The molecule has 2 atom stereocenters. The quantitative estimate of drug-likeness (QED) is 0.619. The summed E-state index contributed by atoms with van der Waals surface area (Å²) >= 11 is 0. The molecule has 1 rings (SSSR count). The van der Waals surface area contributed by atoms with Crippen molar-refractivity contribution in [1.29, 1.82) is 0 Å². The van der Waals surface area contributed by atoms with Crippen LogP contribution in [-0.4, -0.2) is 73.6 Å². The van der Waals surface area contributed by atoms with Crippen LogP contribution in [0.3, 0.4) is 0 Å². The van der Waals surface area contributed by atoms with Crippen molar-refractivity contribution in [3.8, 4) is 0 Å². The molecular formula is C14H29N5O2. The van der Waals surface area contributed by atoms with E-state index < -0.39 is 6.03 Å². The van der Waals surface area contributed by atoms with Gasteiger partial charge in [0.15, 0.2) is 0 Å². The van der Waals surface area contributed by atoms with E-state index in [0.717, 1.165) is 39.0 Å². The van der Waals surface area contributed by atoms with E-state index in [1.807, 2.05) is 6.92 Å². The first-order valence-electron chi connectivity index (χ1n) is 7.74. The second-order valence-electron chi connectivity index (χ2n) is 5.46. The third-order valence-corrected chi connectivity index (χ3v) is 4.23. The van der Waals surface area contributed by atoms with Crippen LogP contribution in [0.5, 0.6) is 0 Å². The van der Waals surface area contributed by atoms with E-state index in [0.29, 0.717) is 12.6 Å². The lowest BCUT2D eigenvalue weighted by atomic mass is 10.1. The molecule has 122 valence electrons. The number of piperazine rings is 1. The molecule has 3 amide bonds. The van der Waals surface area contributed by atoms with Crippen LogP contribution in [0.4, 0.5) is 4.79 Å². The lowest BCUT2D eigenvalue weighted by Crippen LogP contribution is -2.56. The topological polar surface area (TPSA) is 90.7 Å². The summed E-state index contributed by atoms with van der Waals surface area (Å²) in [5.74, 6) is -0.253. The number of nitrogens with zero attached hydrogens (tertiary/aromatic N) is 2. The fourth-order valence-corrected chi connectivity index (χ4v) is 2.77. The van der Waals surface area contributed by atoms with Gasteiger partial charge in [-0.2, -0.15) is 0 Å². The van der Waals surface area contributed by atoms with E-state index in [4.69, 9.17) is 5.73 Å². The van der Waals surface area contributed by atoms with Crippen LogP contribution in [0.25, 0.3) is 0 Å². The summed E-state index contributed by atoms with van der Waals surface area (Å²) in [6, 6.07) is -0.217. The SMILES string of the molecule is CCC(CCN)N1CCN(C(C)C(=O)NC(=O)NC)CC1. The minimum Gasteiger partial charge on any atom is -0.341 e. The molecule has 0 radical (unpaired) electrons. The first-order valence-corrected chi connectivity index (χ1v) is 7.74. The Labute approximate surface area is 127 Å². The fourth-order valence-electron chi connectivity index (χ4n) is 2.77. The number of rotatable bonds is 6. The van der Waals surface area contributed by atoms with E-state index in [9.17, 15) is 9.59 Å². The van der Waals surface area contributed by atoms with Gasteiger partial charge in [0.2, 0.25) is 5.91 Å². The van der Waals surface area contributed by atoms with Crippen molar-refractivity contribution in [1.82, 2.24) is 20.4 Å². The minimum absolute atomic E-state index is 0.253. The predicted molar refractivity (Wildman–Crippen MR) is 83.0 cm³/mol. The Bertz CT molecular complexity index is 342. The summed E-state index contributed by atoms with van der Waals surface area (Å²) < 4.78 is 0. The van der Waals surface area contributed by atoms with Crippen molar-refractivity contribution >= 4 is 11.9 Å². The van der Waals surface area contributed by atoms with Crippen LogP contribution in [0, 0.1) is 0 Å². The molecule has 4 N–H and O–H groups in total. The summed E-state index contributed by atoms with van der Waals surface area (Å²) in [4.78, 5) is 27.7. The van der Waals surface area contributed by atoms with E-state index in [2.05, 4.69) is 27.4 Å². The smallest absolute Gasteiger partial charge is 0.321 e. The van der Waals surface area contributed by atoms with Crippen molar-refractivity contribution in [2.45, 2.75) is 38.8 Å². The third kappa shape index (κ3) is 5.26. The fraction of sp³-hybridized carbons (Fsp3) is 0.857. The monoisotopic (exact) mass is 299 g/mol. The van der Waals surface area contributed by atoms with E-state index in [1.54, 1.807) is 0 Å². The van der Waals surface area contributed by atoms with Crippen LogP contribution < -0.4 is 16.4 Å². The Kier molecular flexibility index (Phi) is 7.63. The van der Waals surface area contributed by atoms with Crippen LogP contribution in [0.15, 0.2) is 0 Å². The molecular weight excluding hydrogens is 270 g/mol. The zero-order valence-corrected chi connectivity index (χ0v) is 13.4. The first-order chi connectivity index (χ1) is 10.0. The maximum atomic E-state index is 11.9. The van der Waals surface area contributed by atoms with E-state index in [1.165, 1.54) is 7.05 Å². The summed E-state index contributed by atoms with van der Waals surface area (Å²) in [6.07, 6.45) is 2.12. The number of imide groups is 1. The van der Waals surface area contributed by atoms with Crippen LogP contribution in [0.2, 0.25) is 0 Å². The molecule has 0 aromatic rings. The maximum absolute atomic E-state index is 11.9. The van der Waals surface area contributed by atoms with Gasteiger partial charge >= 0.3 is 6.03 Å². The molecule has 1 fully saturated rings. The van der Waals surface area contributed by atoms with Crippen molar-refractivity contribution in [2.24, 2.45) is 5.73 Å². The summed E-state index contributed by atoms with van der Waals surface area (Å²) in [6.45, 7) is 8.29. The van der Waals surface area contributed by atoms with Gasteiger partial charge in [0.25, 0.3) is 0 Å². The molecule has 2 unspecified atom stereocenters. The number of nitrogens with one attached hydrogen (secondary N) is 2. The normalized spacial score (nSPS) is 19.8. The molecule has 0 aliphatic carbocycles. The highest BCUT2D eigenvalue weighted by Gasteiger charge is 2.28. The second kappa shape index (κ2) is 8.96. The van der Waals surface area contributed by atoms with E-state index in [-0.39, 0.29) is 11.9 Å². The number of nitrogens with two attached hydrogens (primary N) is 1. The maximum Gasteiger partial charge on any atom is 0.321 e. The van der Waals surface area contributed by atoms with Crippen LogP contribution in [-0.2, 0) is 4.79 Å². The van der Waals surface area contributed by atoms with Crippen molar-refractivity contribution in [3.05, 3.63) is 0 Å². The molecule has 1 heterocycles. The molecule has 1 aliphatic heterocycles. The highest BCUT2D eigenvalue weighted by Crippen LogP contribution is 2.13. The number of amides is 3. The highest BCUT2D eigenvalue weighted by molar-refractivity contribution is 5.96. The molecule has 1 aliphatic rings. The summed E-state index contributed by atoms with van der Waals surface area (Å²) in [7, 11) is 1.49. The van der Waals surface area contributed by atoms with Gasteiger partial charge < -0.3 is 11.1 Å². The number of hydrogen-bond acceptors (Lipinski definition) is 5. The summed E-state index contributed by atoms with van der Waals surface area (Å²) in [5.41, 5.74) is 5.66. The Morgan fingerprint density at radius 3 is 2.24 bits per heavy atom. The van der Waals surface area contributed by atoms with Gasteiger partial charge in [-0.15, -0.1) is 0 Å². The van der Waals surface area contributed by atoms with E-state index >= 15 is 0 Å². The zero-order valence-electron chi connectivity index (χ0n) is 13.4. The third-order valence-electron chi connectivity index (χ3n) is 4.23. The lowest BCUT2D eigenvalue weighted by molar-refractivity contribution is -0.125. The number of urea groups is 1. The minimum atomic E-state index is -0.459. The van der Waals surface area contributed by atoms with Gasteiger partial charge in [0.1, 0.15) is 0 Å². The molecule has 7 nitrogen and oxygen atoms in total. The number of carbonyl (C=O) groups is 2. The number of carbonyl (C=O) groups excluding carboxylic acids is 2. The largest absolute Gasteiger partial charge is 0.341 e. The molecule has 0 aromatic carbocycles. The molecule has 0 spiro atoms. The van der Waals surface area contributed by atoms with Gasteiger partial charge in [0.05, 0.1) is 6.04 Å². The Morgan fingerprint density at radius 1 is 1.19 bits per heavy atom. The Balaban J connectivity index is 2.44. The molecule has 0 saturated carbocycles. The molecule has 21 heavy (non-hydrogen) atoms. The zero-order chi connectivity index (χ0) is 15.8. The Morgan fingerprint density at radius 2 is 1.76 bits per heavy atom. The standard InChI is InChI=1S/C14H29N5O2/c1-4-12(5-6-15)19-9-7-18(8-10-19)11(2)13(20)17-14(21)16-3/h11-12H,4-10,15H2,1-3H3,(H2,16,17,20,21). The molecule has 7 heteroatoms. The predicted octanol–water partition coefficient (Wildman–Crippen LogP) is -0.424. The van der Waals surface area contributed by atoms with Gasteiger partial charge in [0, 0.05) is 39.3 Å². The van der Waals surface area contributed by atoms with Gasteiger partial charge in [-0.25, -0.2) is 4.79 Å².